The molecule has 0 fully saturated rings. The van der Waals surface area contributed by atoms with Gasteiger partial charge in [0, 0.05) is 48.7 Å². The molecular formula is C16H30N7Na2O10P2+. The molecule has 21 heteroatoms. The Balaban J connectivity index is -0.000000840. The van der Waals surface area contributed by atoms with Gasteiger partial charge in [0.05, 0.1) is 0 Å². The zero-order valence-corrected chi connectivity index (χ0v) is 26.8. The van der Waals surface area contributed by atoms with Crippen LogP contribution in [-0.4, -0.2) is 51.9 Å². The second-order valence-corrected chi connectivity index (χ2v) is 9.20. The van der Waals surface area contributed by atoms with Crippen LogP contribution in [0.4, 0.5) is 0 Å². The summed E-state index contributed by atoms with van der Waals surface area (Å²) in [6.45, 7) is 0.684. The third kappa shape index (κ3) is 28.5. The van der Waals surface area contributed by atoms with Crippen LogP contribution in [-0.2, 0) is 23.5 Å². The smallest absolute Gasteiger partial charge is 0.598 e. The summed E-state index contributed by atoms with van der Waals surface area (Å²) in [6.07, 6.45) is 2.93. The summed E-state index contributed by atoms with van der Waals surface area (Å²) in [5, 5.41) is 19.5. The molecule has 0 rings (SSSR count). The minimum atomic E-state index is -5.18. The van der Waals surface area contributed by atoms with Gasteiger partial charge in [-0.05, 0) is 43.2 Å². The zero-order valence-electron chi connectivity index (χ0n) is 21.0. The molecule has 200 valence electrons. The van der Waals surface area contributed by atoms with Gasteiger partial charge in [-0.15, -0.1) is 0 Å². The van der Waals surface area contributed by atoms with E-state index in [1.807, 2.05) is 0 Å². The van der Waals surface area contributed by atoms with Crippen LogP contribution in [0.3, 0.4) is 0 Å². The zero-order chi connectivity index (χ0) is 27.2. The maximum Gasteiger partial charge on any atom is 1.00 e. The molecule has 1 amide bonds. The predicted octanol–water partition coefficient (Wildman–Crippen LogP) is -4.64. The fraction of sp³-hybridized carbons (Fsp3) is 0.875. The van der Waals surface area contributed by atoms with Gasteiger partial charge in [-0.1, -0.05) is 27.6 Å². The van der Waals surface area contributed by atoms with Crippen molar-refractivity contribution in [2.45, 2.75) is 69.7 Å². The standard InChI is InChI=1S/C16H30N7O7P.2Na.HO3P/c17-22-20-12-5-1-3-8-14(24)19-11-7-10-16(26,31(27,28)29)30-15(25)9-4-2-6-13-21-23-18;;;1-4(2)3/h26H,1-13H2,(H,19,24)(H2,27,28,29);;;(H,1,2,3)/q;2*+1;/p-1. The number of carbonyl (C=O) groups excluding carboxylic acids is 2. The molecule has 0 radical (unpaired) electrons. The summed E-state index contributed by atoms with van der Waals surface area (Å²) in [4.78, 5) is 64.5. The molecule has 0 saturated heterocycles. The number of nitrogens with zero attached hydrogens (tertiary/aromatic N) is 6. The average Bonchev–Trinajstić information content (AvgIpc) is 2.75. The first-order chi connectivity index (χ1) is 16.4. The summed E-state index contributed by atoms with van der Waals surface area (Å²) in [6, 6.07) is 0. The number of carbonyl (C=O) groups is 2. The molecule has 1 atom stereocenters. The van der Waals surface area contributed by atoms with E-state index >= 15 is 0 Å². The van der Waals surface area contributed by atoms with Crippen LogP contribution in [0.2, 0.25) is 0 Å². The van der Waals surface area contributed by atoms with Gasteiger partial charge >= 0.3 is 78.2 Å². The maximum absolute atomic E-state index is 11.8. The second kappa shape index (κ2) is 27.3. The van der Waals surface area contributed by atoms with Crippen molar-refractivity contribution in [3.05, 3.63) is 20.9 Å². The quantitative estimate of drug-likeness (QED) is 0.0173. The van der Waals surface area contributed by atoms with Crippen molar-refractivity contribution in [2.75, 3.05) is 19.6 Å². The Kier molecular flexibility index (Phi) is 32.2. The second-order valence-electron chi connectivity index (χ2n) is 6.97. The van der Waals surface area contributed by atoms with E-state index in [1.165, 1.54) is 0 Å². The van der Waals surface area contributed by atoms with E-state index in [-0.39, 0.29) is 97.4 Å². The summed E-state index contributed by atoms with van der Waals surface area (Å²) in [7, 11) is -8.55. The van der Waals surface area contributed by atoms with Crippen LogP contribution in [0.1, 0.15) is 64.2 Å². The Bertz CT molecular complexity index is 807. The Labute approximate surface area is 259 Å². The van der Waals surface area contributed by atoms with Gasteiger partial charge < -0.3 is 34.7 Å². The fourth-order valence-electron chi connectivity index (χ4n) is 2.49. The maximum atomic E-state index is 11.8. The molecule has 0 aliphatic heterocycles. The molecule has 17 nitrogen and oxygen atoms in total. The SMILES string of the molecule is O=[P+]([O-])[O-].[N-]=[N+]=NCCCCCC(=O)NCCCC(O)(OC(=O)CCCCCN=[N+]=[N-])P(=O)(O)O.[Na+].[Na+]. The summed E-state index contributed by atoms with van der Waals surface area (Å²) in [5.41, 5.74) is 13.3. The first-order valence-electron chi connectivity index (χ1n) is 10.5. The number of unbranched alkanes of at least 4 members (excludes halogenated alkanes) is 4. The number of aliphatic hydroxyl groups is 1. The molecule has 37 heavy (non-hydrogen) atoms. The van der Waals surface area contributed by atoms with E-state index in [9.17, 15) is 29.0 Å². The summed E-state index contributed by atoms with van der Waals surface area (Å²) in [5.74, 6) is -1.22. The Hall–Kier alpha value is -0.310. The van der Waals surface area contributed by atoms with Crippen LogP contribution >= 0.6 is 15.9 Å². The third-order valence-electron chi connectivity index (χ3n) is 4.16. The van der Waals surface area contributed by atoms with Crippen molar-refractivity contribution in [1.82, 2.24) is 5.32 Å². The van der Waals surface area contributed by atoms with Gasteiger partial charge in [0.2, 0.25) is 5.91 Å². The Morgan fingerprint density at radius 3 is 1.84 bits per heavy atom. The first kappa shape index (κ1) is 43.7. The van der Waals surface area contributed by atoms with Crippen LogP contribution in [0, 0.1) is 0 Å². The van der Waals surface area contributed by atoms with Crippen molar-refractivity contribution >= 4 is 27.7 Å². The normalized spacial score (nSPS) is 11.4. The molecule has 0 bridgehead atoms. The van der Waals surface area contributed by atoms with Gasteiger partial charge in [-0.3, -0.25) is 14.2 Å². The number of esters is 1. The molecule has 0 heterocycles. The molecule has 0 aromatic carbocycles. The Morgan fingerprint density at radius 2 is 1.41 bits per heavy atom. The van der Waals surface area contributed by atoms with Gasteiger partial charge in [-0.25, -0.2) is 0 Å². The van der Waals surface area contributed by atoms with Crippen LogP contribution < -0.4 is 74.2 Å². The van der Waals surface area contributed by atoms with E-state index < -0.39 is 33.8 Å². The fourth-order valence-corrected chi connectivity index (χ4v) is 3.16. The molecule has 1 unspecified atom stereocenters. The van der Waals surface area contributed by atoms with Crippen LogP contribution in [0.25, 0.3) is 20.9 Å². The summed E-state index contributed by atoms with van der Waals surface area (Å²) >= 11 is 0. The van der Waals surface area contributed by atoms with Crippen molar-refractivity contribution < 1.29 is 107 Å². The minimum absolute atomic E-state index is 0. The van der Waals surface area contributed by atoms with Crippen LogP contribution in [0.5, 0.6) is 0 Å². The largest absolute Gasteiger partial charge is 1.00 e. The average molecular weight is 588 g/mol. The molecular weight excluding hydrogens is 558 g/mol. The molecule has 0 spiro atoms. The van der Waals surface area contributed by atoms with E-state index in [0.29, 0.717) is 45.1 Å². The summed E-state index contributed by atoms with van der Waals surface area (Å²) < 4.78 is 24.8. The molecule has 0 aliphatic carbocycles. The number of azide groups is 2. The van der Waals surface area contributed by atoms with Crippen molar-refractivity contribution in [3.8, 4) is 0 Å². The first-order valence-corrected chi connectivity index (χ1v) is 13.2. The third-order valence-corrected chi connectivity index (χ3v) is 5.39. The number of hydrogen-bond acceptors (Lipinski definition) is 10. The van der Waals surface area contributed by atoms with E-state index in [2.05, 4.69) is 30.1 Å². The minimum Gasteiger partial charge on any atom is -0.598 e. The monoisotopic (exact) mass is 588 g/mol. The molecule has 4 N–H and O–H groups in total. The van der Waals surface area contributed by atoms with Gasteiger partial charge in [-0.2, -0.15) is 0 Å². The van der Waals surface area contributed by atoms with Gasteiger partial charge in [0.15, 0.2) is 0 Å². The van der Waals surface area contributed by atoms with E-state index in [1.54, 1.807) is 0 Å². The topological polar surface area (TPSA) is 294 Å². The number of rotatable bonds is 18. The molecule has 0 aromatic rings. The molecule has 0 aliphatic rings. The van der Waals surface area contributed by atoms with E-state index in [0.717, 1.165) is 0 Å². The van der Waals surface area contributed by atoms with E-state index in [4.69, 9.17) is 25.4 Å². The number of ether oxygens (including phenoxy) is 1. The van der Waals surface area contributed by atoms with Gasteiger partial charge in [0.1, 0.15) is 0 Å². The predicted molar refractivity (Wildman–Crippen MR) is 118 cm³/mol. The number of amides is 1. The van der Waals surface area contributed by atoms with Gasteiger partial charge in [0.25, 0.3) is 8.25 Å². The number of nitrogens with one attached hydrogen (secondary N) is 1. The van der Waals surface area contributed by atoms with Crippen LogP contribution in [0.15, 0.2) is 10.2 Å². The molecule has 0 saturated carbocycles. The molecule has 0 aromatic heterocycles. The van der Waals surface area contributed by atoms with Crippen molar-refractivity contribution in [1.29, 1.82) is 0 Å². The Morgan fingerprint density at radius 1 is 0.946 bits per heavy atom. The van der Waals surface area contributed by atoms with Crippen molar-refractivity contribution in [2.24, 2.45) is 10.2 Å². The number of hydrogen-bond donors (Lipinski definition) is 4. The van der Waals surface area contributed by atoms with Crippen molar-refractivity contribution in [3.63, 3.8) is 0 Å².